The van der Waals surface area contributed by atoms with Crippen molar-refractivity contribution < 1.29 is 9.47 Å². The van der Waals surface area contributed by atoms with Crippen LogP contribution in [0.3, 0.4) is 0 Å². The molecule has 148 valence electrons. The second-order valence-corrected chi connectivity index (χ2v) is 8.35. The van der Waals surface area contributed by atoms with E-state index in [9.17, 15) is 0 Å². The molecule has 3 rings (SSSR count). The van der Waals surface area contributed by atoms with E-state index in [2.05, 4.69) is 54.2 Å². The van der Waals surface area contributed by atoms with Gasteiger partial charge in [-0.3, -0.25) is 4.90 Å². The molecule has 0 N–H and O–H groups in total. The SMILES string of the molecule is COc1ccc(C(c2nnnn2C(C)(C)C)N2CCC(C)CC2)c(OC)c1. The Kier molecular flexibility index (Phi) is 5.69. The Balaban J connectivity index is 2.11. The number of likely N-dealkylation sites (tertiary alicyclic amines) is 1. The Labute approximate surface area is 161 Å². The van der Waals surface area contributed by atoms with E-state index in [1.54, 1.807) is 14.2 Å². The topological polar surface area (TPSA) is 65.3 Å². The molecule has 0 aliphatic carbocycles. The lowest BCUT2D eigenvalue weighted by atomic mass is 9.94. The van der Waals surface area contributed by atoms with Crippen LogP contribution in [0.4, 0.5) is 0 Å². The van der Waals surface area contributed by atoms with Gasteiger partial charge in [0.05, 0.1) is 19.8 Å². The maximum absolute atomic E-state index is 5.72. The van der Waals surface area contributed by atoms with Crippen LogP contribution in [-0.4, -0.2) is 52.4 Å². The summed E-state index contributed by atoms with van der Waals surface area (Å²) < 4.78 is 13.0. The highest BCUT2D eigenvalue weighted by molar-refractivity contribution is 5.44. The van der Waals surface area contributed by atoms with Gasteiger partial charge in [0, 0.05) is 11.6 Å². The van der Waals surface area contributed by atoms with Crippen molar-refractivity contribution in [3.05, 3.63) is 29.6 Å². The Hall–Kier alpha value is -2.15. The summed E-state index contributed by atoms with van der Waals surface area (Å²) >= 11 is 0. The molecule has 1 fully saturated rings. The van der Waals surface area contributed by atoms with Crippen molar-refractivity contribution in [3.63, 3.8) is 0 Å². The first-order valence-corrected chi connectivity index (χ1v) is 9.60. The molecule has 0 saturated carbocycles. The normalized spacial score (nSPS) is 17.7. The van der Waals surface area contributed by atoms with Gasteiger partial charge in [-0.25, -0.2) is 4.68 Å². The number of benzene rings is 1. The lowest BCUT2D eigenvalue weighted by Crippen LogP contribution is -2.39. The van der Waals surface area contributed by atoms with Crippen molar-refractivity contribution in [2.45, 2.75) is 52.1 Å². The fourth-order valence-electron chi connectivity index (χ4n) is 3.67. The van der Waals surface area contributed by atoms with Crippen LogP contribution in [0.5, 0.6) is 11.5 Å². The molecular weight excluding hydrogens is 342 g/mol. The first-order valence-electron chi connectivity index (χ1n) is 9.60. The molecule has 1 atom stereocenters. The predicted octanol–water partition coefficient (Wildman–Crippen LogP) is 3.27. The summed E-state index contributed by atoms with van der Waals surface area (Å²) in [5, 5.41) is 12.7. The first-order chi connectivity index (χ1) is 12.8. The van der Waals surface area contributed by atoms with Crippen LogP contribution in [0.1, 0.15) is 58.0 Å². The largest absolute Gasteiger partial charge is 0.497 e. The molecule has 2 heterocycles. The summed E-state index contributed by atoms with van der Waals surface area (Å²) in [7, 11) is 3.36. The number of piperidine rings is 1. The Morgan fingerprint density at radius 2 is 1.81 bits per heavy atom. The number of hydrogen-bond donors (Lipinski definition) is 0. The van der Waals surface area contributed by atoms with Crippen molar-refractivity contribution in [1.82, 2.24) is 25.1 Å². The van der Waals surface area contributed by atoms with E-state index >= 15 is 0 Å². The molecule has 1 aliphatic rings. The number of ether oxygens (including phenoxy) is 2. The second kappa shape index (κ2) is 7.84. The highest BCUT2D eigenvalue weighted by Gasteiger charge is 2.34. The molecule has 1 aromatic carbocycles. The monoisotopic (exact) mass is 373 g/mol. The third-order valence-corrected chi connectivity index (χ3v) is 5.29. The van der Waals surface area contributed by atoms with Crippen molar-refractivity contribution in [3.8, 4) is 11.5 Å². The van der Waals surface area contributed by atoms with Gasteiger partial charge in [0.15, 0.2) is 5.82 Å². The smallest absolute Gasteiger partial charge is 0.173 e. The van der Waals surface area contributed by atoms with Crippen LogP contribution < -0.4 is 9.47 Å². The zero-order valence-electron chi connectivity index (χ0n) is 17.3. The fraction of sp³-hybridized carbons (Fsp3) is 0.650. The molecule has 0 radical (unpaired) electrons. The van der Waals surface area contributed by atoms with Crippen molar-refractivity contribution >= 4 is 0 Å². The van der Waals surface area contributed by atoms with Gasteiger partial charge in [-0.1, -0.05) is 6.92 Å². The van der Waals surface area contributed by atoms with Crippen LogP contribution in [0.15, 0.2) is 18.2 Å². The highest BCUT2D eigenvalue weighted by atomic mass is 16.5. The summed E-state index contributed by atoms with van der Waals surface area (Å²) in [5.41, 5.74) is 0.855. The first kappa shape index (κ1) is 19.6. The molecule has 1 saturated heterocycles. The summed E-state index contributed by atoms with van der Waals surface area (Å²) in [6, 6.07) is 5.91. The Bertz CT molecular complexity index is 760. The average Bonchev–Trinajstić information content (AvgIpc) is 3.13. The maximum atomic E-state index is 5.72. The number of methoxy groups -OCH3 is 2. The number of tetrazole rings is 1. The van der Waals surface area contributed by atoms with Gasteiger partial charge < -0.3 is 9.47 Å². The molecule has 0 amide bonds. The predicted molar refractivity (Wildman–Crippen MR) is 104 cm³/mol. The van der Waals surface area contributed by atoms with Gasteiger partial charge in [-0.2, -0.15) is 0 Å². The van der Waals surface area contributed by atoms with Gasteiger partial charge in [0.25, 0.3) is 0 Å². The third kappa shape index (κ3) is 4.08. The Morgan fingerprint density at radius 3 is 2.41 bits per heavy atom. The molecule has 1 aromatic heterocycles. The minimum atomic E-state index is -0.208. The summed E-state index contributed by atoms with van der Waals surface area (Å²) in [4.78, 5) is 2.47. The molecular formula is C20H31N5O2. The summed E-state index contributed by atoms with van der Waals surface area (Å²) in [5.74, 6) is 3.16. The molecule has 0 bridgehead atoms. The molecule has 0 spiro atoms. The lowest BCUT2D eigenvalue weighted by molar-refractivity contribution is 0.143. The quantitative estimate of drug-likeness (QED) is 0.801. The second-order valence-electron chi connectivity index (χ2n) is 8.35. The lowest BCUT2D eigenvalue weighted by Gasteiger charge is -2.37. The van der Waals surface area contributed by atoms with Crippen LogP contribution >= 0.6 is 0 Å². The summed E-state index contributed by atoms with van der Waals surface area (Å²) in [6.07, 6.45) is 2.35. The van der Waals surface area contributed by atoms with E-state index in [-0.39, 0.29) is 11.6 Å². The zero-order chi connectivity index (χ0) is 19.6. The fourth-order valence-corrected chi connectivity index (χ4v) is 3.67. The van der Waals surface area contributed by atoms with Gasteiger partial charge >= 0.3 is 0 Å². The van der Waals surface area contributed by atoms with Crippen LogP contribution in [0.25, 0.3) is 0 Å². The highest BCUT2D eigenvalue weighted by Crippen LogP contribution is 2.38. The van der Waals surface area contributed by atoms with E-state index in [4.69, 9.17) is 9.47 Å². The molecule has 27 heavy (non-hydrogen) atoms. The van der Waals surface area contributed by atoms with E-state index in [0.717, 1.165) is 41.9 Å². The van der Waals surface area contributed by atoms with Crippen molar-refractivity contribution in [1.29, 1.82) is 0 Å². The minimum Gasteiger partial charge on any atom is -0.497 e. The summed E-state index contributed by atoms with van der Waals surface area (Å²) in [6.45, 7) is 10.7. The van der Waals surface area contributed by atoms with Gasteiger partial charge in [0.2, 0.25) is 0 Å². The van der Waals surface area contributed by atoms with Crippen LogP contribution in [0, 0.1) is 5.92 Å². The third-order valence-electron chi connectivity index (χ3n) is 5.29. The minimum absolute atomic E-state index is 0.0624. The number of rotatable bonds is 5. The van der Waals surface area contributed by atoms with E-state index < -0.39 is 0 Å². The average molecular weight is 374 g/mol. The number of hydrogen-bond acceptors (Lipinski definition) is 6. The maximum Gasteiger partial charge on any atom is 0.173 e. The molecule has 7 nitrogen and oxygen atoms in total. The molecule has 1 unspecified atom stereocenters. The van der Waals surface area contributed by atoms with E-state index in [0.29, 0.717) is 0 Å². The van der Waals surface area contributed by atoms with Crippen molar-refractivity contribution in [2.24, 2.45) is 5.92 Å². The van der Waals surface area contributed by atoms with Gasteiger partial charge in [0.1, 0.15) is 17.5 Å². The zero-order valence-corrected chi connectivity index (χ0v) is 17.3. The van der Waals surface area contributed by atoms with Gasteiger partial charge in [-0.15, -0.1) is 5.10 Å². The van der Waals surface area contributed by atoms with Crippen LogP contribution in [0.2, 0.25) is 0 Å². The van der Waals surface area contributed by atoms with Crippen LogP contribution in [-0.2, 0) is 5.54 Å². The number of nitrogens with zero attached hydrogens (tertiary/aromatic N) is 5. The Morgan fingerprint density at radius 1 is 1.11 bits per heavy atom. The van der Waals surface area contributed by atoms with E-state index in [1.807, 2.05) is 16.8 Å². The molecule has 1 aliphatic heterocycles. The molecule has 2 aromatic rings. The van der Waals surface area contributed by atoms with Gasteiger partial charge in [-0.05, 0) is 75.2 Å². The molecule has 7 heteroatoms. The van der Waals surface area contributed by atoms with Crippen molar-refractivity contribution in [2.75, 3.05) is 27.3 Å². The standard InChI is InChI=1S/C20H31N5O2/c1-14-9-11-24(12-10-14)18(19-21-22-23-25(19)20(2,3)4)16-8-7-15(26-5)13-17(16)27-6/h7-8,13-14,18H,9-12H2,1-6H3. The number of aromatic nitrogens is 4. The van der Waals surface area contributed by atoms with E-state index in [1.165, 1.54) is 12.8 Å².